The minimum atomic E-state index is -5.08. The first-order chi connectivity index (χ1) is 15.4. The Hall–Kier alpha value is -3.08. The third-order valence-electron chi connectivity index (χ3n) is 6.03. The number of hydrogen-bond acceptors (Lipinski definition) is 6. The molecule has 0 bridgehead atoms. The molecule has 2 saturated heterocycles. The molecule has 11 heteroatoms. The van der Waals surface area contributed by atoms with Gasteiger partial charge in [-0.25, -0.2) is 4.79 Å². The summed E-state index contributed by atoms with van der Waals surface area (Å²) in [5, 5.41) is 11.2. The van der Waals surface area contributed by atoms with Crippen LogP contribution in [0, 0.1) is 19.3 Å². The van der Waals surface area contributed by atoms with Gasteiger partial charge in [-0.1, -0.05) is 5.16 Å². The van der Waals surface area contributed by atoms with Gasteiger partial charge in [-0.05, 0) is 51.1 Å². The number of carboxylic acid groups (broad SMARTS) is 1. The van der Waals surface area contributed by atoms with Crippen molar-refractivity contribution in [1.29, 1.82) is 0 Å². The molecule has 0 aliphatic carbocycles. The highest BCUT2D eigenvalue weighted by Crippen LogP contribution is 2.42. The molecule has 4 rings (SSSR count). The van der Waals surface area contributed by atoms with Crippen molar-refractivity contribution in [1.82, 2.24) is 10.1 Å². The number of likely N-dealkylation sites (tertiary alicyclic amines) is 1. The van der Waals surface area contributed by atoms with Crippen molar-refractivity contribution in [2.24, 2.45) is 5.41 Å². The lowest BCUT2D eigenvalue weighted by Crippen LogP contribution is -2.31. The number of carbonyl (C=O) groups is 2. The number of anilines is 1. The Labute approximate surface area is 188 Å². The average Bonchev–Trinajstić information content (AvgIpc) is 3.41. The van der Waals surface area contributed by atoms with Crippen LogP contribution < -0.4 is 9.64 Å². The van der Waals surface area contributed by atoms with E-state index in [-0.39, 0.29) is 11.3 Å². The van der Waals surface area contributed by atoms with E-state index in [9.17, 15) is 18.0 Å². The molecule has 2 aromatic rings. The summed E-state index contributed by atoms with van der Waals surface area (Å²) in [6.45, 7) is 7.53. The number of methoxy groups -OCH3 is 1. The third-order valence-corrected chi connectivity index (χ3v) is 6.03. The number of benzene rings is 1. The van der Waals surface area contributed by atoms with Crippen LogP contribution in [-0.4, -0.2) is 60.0 Å². The van der Waals surface area contributed by atoms with Gasteiger partial charge < -0.3 is 19.3 Å². The monoisotopic (exact) mass is 469 g/mol. The minimum absolute atomic E-state index is 0.0516. The molecule has 0 saturated carbocycles. The highest BCUT2D eigenvalue weighted by atomic mass is 19.4. The van der Waals surface area contributed by atoms with Crippen LogP contribution in [0.3, 0.4) is 0 Å². The highest BCUT2D eigenvalue weighted by Gasteiger charge is 2.47. The molecule has 8 nitrogen and oxygen atoms in total. The van der Waals surface area contributed by atoms with Gasteiger partial charge in [0.25, 0.3) is 0 Å². The minimum Gasteiger partial charge on any atom is -0.497 e. The molecule has 1 unspecified atom stereocenters. The van der Waals surface area contributed by atoms with Crippen molar-refractivity contribution < 1.29 is 37.1 Å². The molecule has 3 heterocycles. The van der Waals surface area contributed by atoms with Crippen LogP contribution in [0.15, 0.2) is 28.8 Å². The molecule has 1 atom stereocenters. The van der Waals surface area contributed by atoms with Gasteiger partial charge in [0.05, 0.1) is 12.8 Å². The van der Waals surface area contributed by atoms with Crippen LogP contribution in [-0.2, 0) is 16.1 Å². The largest absolute Gasteiger partial charge is 0.497 e. The van der Waals surface area contributed by atoms with Crippen molar-refractivity contribution in [2.45, 2.75) is 39.4 Å². The van der Waals surface area contributed by atoms with E-state index >= 15 is 0 Å². The maximum absolute atomic E-state index is 12.7. The number of aryl methyl sites for hydroxylation is 2. The van der Waals surface area contributed by atoms with Crippen LogP contribution in [0.1, 0.15) is 29.9 Å². The van der Waals surface area contributed by atoms with Gasteiger partial charge in [0, 0.05) is 42.7 Å². The Morgan fingerprint density at radius 1 is 1.24 bits per heavy atom. The van der Waals surface area contributed by atoms with Gasteiger partial charge >= 0.3 is 12.1 Å². The maximum Gasteiger partial charge on any atom is 0.490 e. The van der Waals surface area contributed by atoms with Gasteiger partial charge in [-0.3, -0.25) is 9.69 Å². The second kappa shape index (κ2) is 9.42. The number of hydrogen-bond donors (Lipinski definition) is 1. The summed E-state index contributed by atoms with van der Waals surface area (Å²) in [6, 6.07) is 7.75. The number of carboxylic acids is 1. The number of halogens is 3. The topological polar surface area (TPSA) is 96.1 Å². The van der Waals surface area contributed by atoms with Crippen molar-refractivity contribution in [3.05, 3.63) is 41.3 Å². The fraction of sp³-hybridized carbons (Fsp3) is 0.500. The standard InChI is InChI=1S/C20H25N3O3.C2HF3O2/c1-14-18(15(2)26-21-14)11-22-9-8-20(12-22)10-19(24)23(13-20)16-4-6-17(25-3)7-5-16;3-2(4,5)1(6)7/h4-7H,8-13H2,1-3H3;(H,6,7). The Bertz CT molecular complexity index is 986. The first-order valence-corrected chi connectivity index (χ1v) is 10.3. The molecule has 2 fully saturated rings. The quantitative estimate of drug-likeness (QED) is 0.732. The van der Waals surface area contributed by atoms with E-state index in [1.807, 2.05) is 43.0 Å². The predicted octanol–water partition coefficient (Wildman–Crippen LogP) is 3.56. The van der Waals surface area contributed by atoms with Crippen molar-refractivity contribution in [3.63, 3.8) is 0 Å². The molecule has 1 N–H and O–H groups in total. The second-order valence-corrected chi connectivity index (χ2v) is 8.42. The van der Waals surface area contributed by atoms with Crippen molar-refractivity contribution >= 4 is 17.6 Å². The first kappa shape index (κ1) is 24.6. The summed E-state index contributed by atoms with van der Waals surface area (Å²) in [4.78, 5) is 25.9. The number of aliphatic carboxylic acids is 1. The molecule has 1 aromatic carbocycles. The van der Waals surface area contributed by atoms with Crippen LogP contribution >= 0.6 is 0 Å². The molecule has 1 aromatic heterocycles. The number of ether oxygens (including phenoxy) is 1. The lowest BCUT2D eigenvalue weighted by molar-refractivity contribution is -0.192. The fourth-order valence-electron chi connectivity index (χ4n) is 4.28. The van der Waals surface area contributed by atoms with Gasteiger partial charge in [0.15, 0.2) is 0 Å². The van der Waals surface area contributed by atoms with E-state index in [2.05, 4.69) is 10.1 Å². The molecule has 33 heavy (non-hydrogen) atoms. The normalized spacial score (nSPS) is 20.8. The maximum atomic E-state index is 12.7. The average molecular weight is 469 g/mol. The van der Waals surface area contributed by atoms with E-state index in [0.29, 0.717) is 6.42 Å². The van der Waals surface area contributed by atoms with E-state index in [1.165, 1.54) is 5.56 Å². The Morgan fingerprint density at radius 3 is 2.39 bits per heavy atom. The second-order valence-electron chi connectivity index (χ2n) is 8.42. The number of amides is 1. The number of nitrogens with zero attached hydrogens (tertiary/aromatic N) is 3. The molecule has 0 radical (unpaired) electrons. The number of aromatic nitrogens is 1. The van der Waals surface area contributed by atoms with Gasteiger partial charge in [-0.2, -0.15) is 13.2 Å². The van der Waals surface area contributed by atoms with Gasteiger partial charge in [0.1, 0.15) is 11.5 Å². The van der Waals surface area contributed by atoms with Gasteiger partial charge in [0.2, 0.25) is 5.91 Å². The Morgan fingerprint density at radius 2 is 1.88 bits per heavy atom. The summed E-state index contributed by atoms with van der Waals surface area (Å²) < 4.78 is 42.2. The fourth-order valence-corrected chi connectivity index (χ4v) is 4.28. The summed E-state index contributed by atoms with van der Waals surface area (Å²) in [6.07, 6.45) is -3.41. The summed E-state index contributed by atoms with van der Waals surface area (Å²) in [5.74, 6) is -0.839. The van der Waals surface area contributed by atoms with E-state index in [0.717, 1.165) is 55.5 Å². The van der Waals surface area contributed by atoms with E-state index in [4.69, 9.17) is 19.2 Å². The Balaban J connectivity index is 0.000000383. The summed E-state index contributed by atoms with van der Waals surface area (Å²) >= 11 is 0. The zero-order valence-electron chi connectivity index (χ0n) is 18.6. The number of alkyl halides is 3. The molecule has 1 spiro atoms. The van der Waals surface area contributed by atoms with E-state index in [1.54, 1.807) is 7.11 Å². The van der Waals surface area contributed by atoms with Crippen LogP contribution in [0.2, 0.25) is 0 Å². The lowest BCUT2D eigenvalue weighted by atomic mass is 9.86. The highest BCUT2D eigenvalue weighted by molar-refractivity contribution is 5.96. The number of carbonyl (C=O) groups excluding carboxylic acids is 1. The zero-order valence-corrected chi connectivity index (χ0v) is 18.6. The predicted molar refractivity (Wildman–Crippen MR) is 112 cm³/mol. The lowest BCUT2D eigenvalue weighted by Gasteiger charge is -2.24. The van der Waals surface area contributed by atoms with Crippen LogP contribution in [0.25, 0.3) is 0 Å². The number of rotatable bonds is 4. The van der Waals surface area contributed by atoms with Crippen LogP contribution in [0.5, 0.6) is 5.75 Å². The zero-order chi connectivity index (χ0) is 24.4. The molecular formula is C22H26F3N3O5. The molecular weight excluding hydrogens is 443 g/mol. The van der Waals surface area contributed by atoms with Crippen molar-refractivity contribution in [3.8, 4) is 5.75 Å². The van der Waals surface area contributed by atoms with Gasteiger partial charge in [-0.15, -0.1) is 0 Å². The first-order valence-electron chi connectivity index (χ1n) is 10.3. The third kappa shape index (κ3) is 5.65. The smallest absolute Gasteiger partial charge is 0.490 e. The molecule has 2 aliphatic heterocycles. The van der Waals surface area contributed by atoms with E-state index < -0.39 is 12.1 Å². The molecule has 180 valence electrons. The summed E-state index contributed by atoms with van der Waals surface area (Å²) in [7, 11) is 1.65. The summed E-state index contributed by atoms with van der Waals surface area (Å²) in [5.41, 5.74) is 3.15. The van der Waals surface area contributed by atoms with Crippen molar-refractivity contribution in [2.75, 3.05) is 31.6 Å². The van der Waals surface area contributed by atoms with Crippen LogP contribution in [0.4, 0.5) is 18.9 Å². The molecule has 1 amide bonds. The Kier molecular flexibility index (Phi) is 7.01. The SMILES string of the molecule is COc1ccc(N2CC3(CCN(Cc4c(C)noc4C)C3)CC2=O)cc1.O=C(O)C(F)(F)F. The molecule has 2 aliphatic rings.